The highest BCUT2D eigenvalue weighted by molar-refractivity contribution is 9.10. The number of nitrogens with zero attached hydrogens (tertiary/aromatic N) is 1. The van der Waals surface area contributed by atoms with Crippen LogP contribution in [0.5, 0.6) is 11.5 Å². The third-order valence-corrected chi connectivity index (χ3v) is 2.99. The molecule has 6 heteroatoms. The van der Waals surface area contributed by atoms with Crippen molar-refractivity contribution >= 4 is 21.7 Å². The van der Waals surface area contributed by atoms with Crippen LogP contribution < -0.4 is 4.74 Å². The SMILES string of the molecule is CCC(=O)c1ccc(Oc2cc(Br)cc(F)c2F)cn1. The number of aromatic nitrogens is 1. The highest BCUT2D eigenvalue weighted by Crippen LogP contribution is 2.29. The molecule has 0 radical (unpaired) electrons. The predicted molar refractivity (Wildman–Crippen MR) is 73.0 cm³/mol. The van der Waals surface area contributed by atoms with Gasteiger partial charge >= 0.3 is 0 Å². The Morgan fingerprint density at radius 3 is 2.70 bits per heavy atom. The second-order valence-electron chi connectivity index (χ2n) is 3.96. The Labute approximate surface area is 122 Å². The van der Waals surface area contributed by atoms with Gasteiger partial charge in [0.25, 0.3) is 0 Å². The van der Waals surface area contributed by atoms with Gasteiger partial charge in [-0.3, -0.25) is 4.79 Å². The number of ketones is 1. The molecule has 0 saturated carbocycles. The topological polar surface area (TPSA) is 39.2 Å². The quantitative estimate of drug-likeness (QED) is 0.606. The molecule has 20 heavy (non-hydrogen) atoms. The maximum atomic E-state index is 13.5. The molecule has 1 heterocycles. The number of carbonyl (C=O) groups is 1. The lowest BCUT2D eigenvalue weighted by Crippen LogP contribution is -2.00. The largest absolute Gasteiger partial charge is 0.453 e. The van der Waals surface area contributed by atoms with E-state index < -0.39 is 11.6 Å². The summed E-state index contributed by atoms with van der Waals surface area (Å²) in [4.78, 5) is 15.3. The standard InChI is InChI=1S/C14H10BrF2NO2/c1-2-12(19)11-4-3-9(7-18-11)20-13-6-8(15)5-10(16)14(13)17/h3-7H,2H2,1H3. The smallest absolute Gasteiger partial charge is 0.201 e. The van der Waals surface area contributed by atoms with Crippen molar-refractivity contribution in [2.75, 3.05) is 0 Å². The van der Waals surface area contributed by atoms with Gasteiger partial charge in [-0.15, -0.1) is 0 Å². The average Bonchev–Trinajstić information content (AvgIpc) is 2.44. The van der Waals surface area contributed by atoms with Crippen LogP contribution in [-0.2, 0) is 0 Å². The van der Waals surface area contributed by atoms with Gasteiger partial charge in [-0.05, 0) is 24.3 Å². The summed E-state index contributed by atoms with van der Waals surface area (Å²) in [5, 5.41) is 0. The third-order valence-electron chi connectivity index (χ3n) is 2.53. The number of ether oxygens (including phenoxy) is 1. The molecule has 0 spiro atoms. The van der Waals surface area contributed by atoms with Crippen LogP contribution in [0.1, 0.15) is 23.8 Å². The summed E-state index contributed by atoms with van der Waals surface area (Å²) < 4.78 is 32.3. The van der Waals surface area contributed by atoms with E-state index in [1.165, 1.54) is 24.4 Å². The number of Topliss-reactive ketones (excluding diaryl/α,β-unsaturated/α-hetero) is 1. The molecule has 0 aliphatic rings. The van der Waals surface area contributed by atoms with E-state index in [-0.39, 0.29) is 17.3 Å². The van der Waals surface area contributed by atoms with Crippen molar-refractivity contribution < 1.29 is 18.3 Å². The zero-order chi connectivity index (χ0) is 14.7. The number of carbonyl (C=O) groups excluding carboxylic acids is 1. The van der Waals surface area contributed by atoms with Crippen LogP contribution in [0.15, 0.2) is 34.9 Å². The highest BCUT2D eigenvalue weighted by Gasteiger charge is 2.13. The van der Waals surface area contributed by atoms with E-state index in [2.05, 4.69) is 20.9 Å². The molecule has 104 valence electrons. The van der Waals surface area contributed by atoms with E-state index >= 15 is 0 Å². The Morgan fingerprint density at radius 2 is 2.10 bits per heavy atom. The molecule has 0 saturated heterocycles. The monoisotopic (exact) mass is 341 g/mol. The second-order valence-corrected chi connectivity index (χ2v) is 4.87. The van der Waals surface area contributed by atoms with Gasteiger partial charge in [0.2, 0.25) is 5.82 Å². The van der Waals surface area contributed by atoms with Crippen molar-refractivity contribution in [3.05, 3.63) is 52.3 Å². The Kier molecular flexibility index (Phi) is 4.44. The van der Waals surface area contributed by atoms with E-state index in [1.807, 2.05) is 0 Å². The fourth-order valence-corrected chi connectivity index (χ4v) is 1.93. The fourth-order valence-electron chi connectivity index (χ4n) is 1.52. The summed E-state index contributed by atoms with van der Waals surface area (Å²) in [5.74, 6) is -2.24. The summed E-state index contributed by atoms with van der Waals surface area (Å²) in [6.45, 7) is 1.73. The van der Waals surface area contributed by atoms with E-state index in [4.69, 9.17) is 4.74 Å². The van der Waals surface area contributed by atoms with Crippen molar-refractivity contribution in [3.63, 3.8) is 0 Å². The van der Waals surface area contributed by atoms with Crippen LogP contribution in [0, 0.1) is 11.6 Å². The van der Waals surface area contributed by atoms with Gasteiger partial charge in [0.15, 0.2) is 17.3 Å². The predicted octanol–water partition coefficient (Wildman–Crippen LogP) is 4.51. The maximum absolute atomic E-state index is 13.5. The van der Waals surface area contributed by atoms with Crippen molar-refractivity contribution in [1.82, 2.24) is 4.98 Å². The Balaban J connectivity index is 2.24. The summed E-state index contributed by atoms with van der Waals surface area (Å²) in [6, 6.07) is 5.27. The summed E-state index contributed by atoms with van der Waals surface area (Å²) in [5.41, 5.74) is 0.306. The number of pyridine rings is 1. The first-order valence-electron chi connectivity index (χ1n) is 5.83. The van der Waals surface area contributed by atoms with E-state index in [9.17, 15) is 13.6 Å². The van der Waals surface area contributed by atoms with Crippen LogP contribution in [-0.4, -0.2) is 10.8 Å². The minimum atomic E-state index is -1.08. The molecule has 2 aromatic rings. The van der Waals surface area contributed by atoms with E-state index in [0.29, 0.717) is 16.6 Å². The molecule has 1 aromatic carbocycles. The van der Waals surface area contributed by atoms with Crippen LogP contribution in [0.25, 0.3) is 0 Å². The molecule has 0 fully saturated rings. The first-order chi connectivity index (χ1) is 9.51. The molecule has 2 rings (SSSR count). The lowest BCUT2D eigenvalue weighted by molar-refractivity contribution is 0.0983. The lowest BCUT2D eigenvalue weighted by atomic mass is 10.2. The average molecular weight is 342 g/mol. The van der Waals surface area contributed by atoms with Crippen molar-refractivity contribution in [3.8, 4) is 11.5 Å². The Bertz CT molecular complexity index is 644. The molecule has 3 nitrogen and oxygen atoms in total. The molecular weight excluding hydrogens is 332 g/mol. The number of hydrogen-bond acceptors (Lipinski definition) is 3. The van der Waals surface area contributed by atoms with Gasteiger partial charge in [-0.2, -0.15) is 4.39 Å². The number of rotatable bonds is 4. The van der Waals surface area contributed by atoms with Gasteiger partial charge < -0.3 is 4.74 Å². The van der Waals surface area contributed by atoms with Crippen molar-refractivity contribution in [2.24, 2.45) is 0 Å². The first kappa shape index (κ1) is 14.6. The summed E-state index contributed by atoms with van der Waals surface area (Å²) in [7, 11) is 0. The summed E-state index contributed by atoms with van der Waals surface area (Å²) in [6.07, 6.45) is 1.64. The Hall–Kier alpha value is -1.82. The van der Waals surface area contributed by atoms with Crippen LogP contribution in [0.3, 0.4) is 0 Å². The van der Waals surface area contributed by atoms with Crippen LogP contribution in [0.2, 0.25) is 0 Å². The highest BCUT2D eigenvalue weighted by atomic mass is 79.9. The van der Waals surface area contributed by atoms with E-state index in [1.54, 1.807) is 6.92 Å². The van der Waals surface area contributed by atoms with Gasteiger partial charge in [-0.25, -0.2) is 9.37 Å². The minimum absolute atomic E-state index is 0.101. The minimum Gasteiger partial charge on any atom is -0.453 e. The molecule has 0 aliphatic heterocycles. The van der Waals surface area contributed by atoms with Crippen LogP contribution in [0.4, 0.5) is 8.78 Å². The molecule has 0 unspecified atom stereocenters. The number of hydrogen-bond donors (Lipinski definition) is 0. The number of benzene rings is 1. The van der Waals surface area contributed by atoms with Crippen LogP contribution >= 0.6 is 15.9 Å². The summed E-state index contributed by atoms with van der Waals surface area (Å²) >= 11 is 3.05. The molecule has 0 atom stereocenters. The number of halogens is 3. The van der Waals surface area contributed by atoms with Gasteiger partial charge in [0.05, 0.1) is 6.20 Å². The van der Waals surface area contributed by atoms with E-state index in [0.717, 1.165) is 6.07 Å². The maximum Gasteiger partial charge on any atom is 0.201 e. The zero-order valence-corrected chi connectivity index (χ0v) is 12.1. The lowest BCUT2D eigenvalue weighted by Gasteiger charge is -2.08. The Morgan fingerprint density at radius 1 is 1.35 bits per heavy atom. The van der Waals surface area contributed by atoms with Crippen molar-refractivity contribution in [1.29, 1.82) is 0 Å². The van der Waals surface area contributed by atoms with Gasteiger partial charge in [0.1, 0.15) is 11.4 Å². The van der Waals surface area contributed by atoms with Gasteiger partial charge in [-0.1, -0.05) is 22.9 Å². The van der Waals surface area contributed by atoms with Crippen molar-refractivity contribution in [2.45, 2.75) is 13.3 Å². The molecule has 0 N–H and O–H groups in total. The molecule has 1 aromatic heterocycles. The third kappa shape index (κ3) is 3.19. The first-order valence-corrected chi connectivity index (χ1v) is 6.62. The van der Waals surface area contributed by atoms with Gasteiger partial charge in [0, 0.05) is 10.9 Å². The normalized spacial score (nSPS) is 10.4. The fraction of sp³-hybridized carbons (Fsp3) is 0.143. The molecule has 0 amide bonds. The molecule has 0 bridgehead atoms. The molecular formula is C14H10BrF2NO2. The zero-order valence-electron chi connectivity index (χ0n) is 10.5. The molecule has 0 aliphatic carbocycles. The second kappa shape index (κ2) is 6.09.